The number of benzene rings is 1. The molecule has 0 radical (unpaired) electrons. The largest absolute Gasteiger partial charge is 0.436 e. The molecule has 3 rings (SSSR count). The van der Waals surface area contributed by atoms with Crippen LogP contribution in [0.2, 0.25) is 0 Å². The highest BCUT2D eigenvalue weighted by atomic mass is 32.1. The minimum absolute atomic E-state index is 0.117. The minimum Gasteiger partial charge on any atom is -0.436 e. The molecule has 0 aliphatic heterocycles. The lowest BCUT2D eigenvalue weighted by Gasteiger charge is -1.98. The molecule has 1 amide bonds. The molecule has 0 saturated heterocycles. The number of aromatic nitrogens is 1. The maximum Gasteiger partial charge on any atom is 0.293 e. The van der Waals surface area contributed by atoms with E-state index in [0.29, 0.717) is 10.8 Å². The lowest BCUT2D eigenvalue weighted by molar-refractivity contribution is 0.0997. The number of furan rings is 1. The predicted octanol–water partition coefficient (Wildman–Crippen LogP) is 3.38. The average Bonchev–Trinajstić information content (AvgIpc) is 3.09. The van der Waals surface area contributed by atoms with Crippen LogP contribution in [-0.2, 0) is 0 Å². The first-order chi connectivity index (χ1) is 10.1. The number of halogens is 1. The molecule has 0 unspecified atom stereocenters. The molecule has 0 aliphatic rings. The third-order valence-electron chi connectivity index (χ3n) is 2.72. The SMILES string of the molecule is Nc1ccc(C(=O)Nc2nc(-c3ccc(F)cc3)cs2)o1. The van der Waals surface area contributed by atoms with Crippen LogP contribution in [0.15, 0.2) is 46.2 Å². The van der Waals surface area contributed by atoms with E-state index in [-0.39, 0.29) is 17.5 Å². The number of carbonyl (C=O) groups excluding carboxylic acids is 1. The van der Waals surface area contributed by atoms with Crippen molar-refractivity contribution in [2.75, 3.05) is 11.1 Å². The Balaban J connectivity index is 1.76. The van der Waals surface area contributed by atoms with Crippen molar-refractivity contribution in [3.8, 4) is 11.3 Å². The fourth-order valence-electron chi connectivity index (χ4n) is 1.72. The topological polar surface area (TPSA) is 81.2 Å². The van der Waals surface area contributed by atoms with Crippen LogP contribution in [0.4, 0.5) is 15.4 Å². The van der Waals surface area contributed by atoms with Gasteiger partial charge in [-0.05, 0) is 30.3 Å². The Morgan fingerprint density at radius 1 is 1.24 bits per heavy atom. The van der Waals surface area contributed by atoms with E-state index < -0.39 is 5.91 Å². The predicted molar refractivity (Wildman–Crippen MR) is 78.6 cm³/mol. The summed E-state index contributed by atoms with van der Waals surface area (Å²) in [4.78, 5) is 16.1. The maximum absolute atomic E-state index is 12.9. The van der Waals surface area contributed by atoms with Gasteiger partial charge in [-0.25, -0.2) is 9.37 Å². The minimum atomic E-state index is -0.424. The van der Waals surface area contributed by atoms with Crippen LogP contribution in [0.1, 0.15) is 10.6 Å². The van der Waals surface area contributed by atoms with E-state index in [1.165, 1.54) is 35.6 Å². The van der Waals surface area contributed by atoms with Gasteiger partial charge >= 0.3 is 0 Å². The van der Waals surface area contributed by atoms with Crippen LogP contribution in [0.5, 0.6) is 0 Å². The molecule has 1 aromatic carbocycles. The molecular formula is C14H10FN3O2S. The van der Waals surface area contributed by atoms with Crippen molar-refractivity contribution in [2.24, 2.45) is 0 Å². The first kappa shape index (κ1) is 13.3. The monoisotopic (exact) mass is 303 g/mol. The van der Waals surface area contributed by atoms with Gasteiger partial charge in [0.05, 0.1) is 5.69 Å². The van der Waals surface area contributed by atoms with Crippen LogP contribution in [0, 0.1) is 5.82 Å². The van der Waals surface area contributed by atoms with Gasteiger partial charge < -0.3 is 10.2 Å². The molecule has 0 bridgehead atoms. The molecule has 106 valence electrons. The molecule has 3 N–H and O–H groups in total. The van der Waals surface area contributed by atoms with Gasteiger partial charge in [0.1, 0.15) is 5.82 Å². The lowest BCUT2D eigenvalue weighted by Crippen LogP contribution is -2.10. The maximum atomic E-state index is 12.9. The van der Waals surface area contributed by atoms with E-state index in [1.807, 2.05) is 0 Å². The van der Waals surface area contributed by atoms with E-state index in [0.717, 1.165) is 5.56 Å². The Morgan fingerprint density at radius 2 is 2.00 bits per heavy atom. The third-order valence-corrected chi connectivity index (χ3v) is 3.47. The molecule has 2 aromatic heterocycles. The van der Waals surface area contributed by atoms with Gasteiger partial charge in [-0.3, -0.25) is 10.1 Å². The molecule has 7 heteroatoms. The Bertz CT molecular complexity index is 780. The van der Waals surface area contributed by atoms with Gasteiger partial charge in [0.2, 0.25) is 0 Å². The molecule has 5 nitrogen and oxygen atoms in total. The standard InChI is InChI=1S/C14H10FN3O2S/c15-9-3-1-8(2-4-9)10-7-21-14(17-10)18-13(19)11-5-6-12(16)20-11/h1-7H,16H2,(H,17,18,19). The van der Waals surface area contributed by atoms with Crippen LogP contribution >= 0.6 is 11.3 Å². The Labute approximate surface area is 123 Å². The third kappa shape index (κ3) is 2.92. The Morgan fingerprint density at radius 3 is 2.67 bits per heavy atom. The summed E-state index contributed by atoms with van der Waals surface area (Å²) in [5, 5.41) is 4.82. The molecule has 0 aliphatic carbocycles. The van der Waals surface area contributed by atoms with Crippen molar-refractivity contribution in [1.29, 1.82) is 0 Å². The summed E-state index contributed by atoms with van der Waals surface area (Å²) in [7, 11) is 0. The van der Waals surface area contributed by atoms with Gasteiger partial charge in [-0.1, -0.05) is 0 Å². The summed E-state index contributed by atoms with van der Waals surface area (Å²) >= 11 is 1.27. The van der Waals surface area contributed by atoms with Crippen molar-refractivity contribution in [1.82, 2.24) is 4.98 Å². The summed E-state index contributed by atoms with van der Waals surface area (Å²) < 4.78 is 17.9. The summed E-state index contributed by atoms with van der Waals surface area (Å²) in [6, 6.07) is 8.96. The van der Waals surface area contributed by atoms with Gasteiger partial charge in [0, 0.05) is 17.0 Å². The van der Waals surface area contributed by atoms with Crippen molar-refractivity contribution in [3.05, 3.63) is 53.4 Å². The molecule has 3 aromatic rings. The highest BCUT2D eigenvalue weighted by Gasteiger charge is 2.13. The first-order valence-electron chi connectivity index (χ1n) is 6.00. The highest BCUT2D eigenvalue weighted by molar-refractivity contribution is 7.14. The van der Waals surface area contributed by atoms with E-state index in [1.54, 1.807) is 17.5 Å². The van der Waals surface area contributed by atoms with Crippen LogP contribution in [-0.4, -0.2) is 10.9 Å². The van der Waals surface area contributed by atoms with Crippen molar-refractivity contribution < 1.29 is 13.6 Å². The van der Waals surface area contributed by atoms with E-state index in [2.05, 4.69) is 10.3 Å². The fraction of sp³-hybridized carbons (Fsp3) is 0. The molecule has 0 fully saturated rings. The van der Waals surface area contributed by atoms with E-state index in [9.17, 15) is 9.18 Å². The molecule has 0 saturated carbocycles. The quantitative estimate of drug-likeness (QED) is 0.777. The van der Waals surface area contributed by atoms with Crippen LogP contribution in [0.3, 0.4) is 0 Å². The number of nitrogen functional groups attached to an aromatic ring is 1. The summed E-state index contributed by atoms with van der Waals surface area (Å²) in [6.45, 7) is 0. The number of nitrogens with two attached hydrogens (primary N) is 1. The van der Waals surface area contributed by atoms with Crippen molar-refractivity contribution >= 4 is 28.3 Å². The molecule has 0 atom stereocenters. The second kappa shape index (κ2) is 5.37. The van der Waals surface area contributed by atoms with E-state index in [4.69, 9.17) is 10.2 Å². The number of hydrogen-bond acceptors (Lipinski definition) is 5. The summed E-state index contributed by atoms with van der Waals surface area (Å²) in [5.74, 6) is -0.443. The van der Waals surface area contributed by atoms with Gasteiger partial charge in [0.25, 0.3) is 5.91 Å². The smallest absolute Gasteiger partial charge is 0.293 e. The molecule has 0 spiro atoms. The number of hydrogen-bond donors (Lipinski definition) is 2. The number of nitrogens with one attached hydrogen (secondary N) is 1. The zero-order valence-corrected chi connectivity index (χ0v) is 11.5. The second-order valence-corrected chi connectivity index (χ2v) is 5.06. The molecular weight excluding hydrogens is 293 g/mol. The number of anilines is 2. The Hall–Kier alpha value is -2.67. The zero-order chi connectivity index (χ0) is 14.8. The van der Waals surface area contributed by atoms with E-state index >= 15 is 0 Å². The second-order valence-electron chi connectivity index (χ2n) is 4.20. The molecule has 21 heavy (non-hydrogen) atoms. The number of amides is 1. The van der Waals surface area contributed by atoms with Crippen molar-refractivity contribution in [3.63, 3.8) is 0 Å². The van der Waals surface area contributed by atoms with Crippen molar-refractivity contribution in [2.45, 2.75) is 0 Å². The number of thiazole rings is 1. The Kier molecular flexibility index (Phi) is 3.41. The zero-order valence-electron chi connectivity index (χ0n) is 10.7. The normalized spacial score (nSPS) is 10.5. The van der Waals surface area contributed by atoms with Crippen LogP contribution < -0.4 is 11.1 Å². The fourth-order valence-corrected chi connectivity index (χ4v) is 2.43. The first-order valence-corrected chi connectivity index (χ1v) is 6.88. The highest BCUT2D eigenvalue weighted by Crippen LogP contribution is 2.25. The number of rotatable bonds is 3. The van der Waals surface area contributed by atoms with Gasteiger partial charge in [-0.15, -0.1) is 11.3 Å². The van der Waals surface area contributed by atoms with Gasteiger partial charge in [-0.2, -0.15) is 0 Å². The number of nitrogens with zero attached hydrogens (tertiary/aromatic N) is 1. The molecule has 2 heterocycles. The average molecular weight is 303 g/mol. The lowest BCUT2D eigenvalue weighted by atomic mass is 10.2. The van der Waals surface area contributed by atoms with Crippen LogP contribution in [0.25, 0.3) is 11.3 Å². The van der Waals surface area contributed by atoms with Gasteiger partial charge in [0.15, 0.2) is 16.8 Å². The summed E-state index contributed by atoms with van der Waals surface area (Å²) in [5.41, 5.74) is 6.85. The number of carbonyl (C=O) groups is 1. The summed E-state index contributed by atoms with van der Waals surface area (Å²) in [6.07, 6.45) is 0.